The van der Waals surface area contributed by atoms with E-state index in [0.717, 1.165) is 34.6 Å². The van der Waals surface area contributed by atoms with Crippen molar-refractivity contribution in [1.29, 1.82) is 0 Å². The van der Waals surface area contributed by atoms with Gasteiger partial charge in [-0.2, -0.15) is 10.2 Å². The second-order valence-electron chi connectivity index (χ2n) is 7.78. The van der Waals surface area contributed by atoms with Crippen molar-refractivity contribution in [2.45, 2.75) is 26.9 Å². The zero-order valence-electron chi connectivity index (χ0n) is 18.1. The lowest BCUT2D eigenvalue weighted by Gasteiger charge is -2.09. The minimum Gasteiger partial charge on any atom is -0.348 e. The fraction of sp³-hybridized carbons (Fsp3) is 0.208. The van der Waals surface area contributed by atoms with Gasteiger partial charge < -0.3 is 5.32 Å². The van der Waals surface area contributed by atoms with E-state index >= 15 is 0 Å². The standard InChI is InChI=1S/C24H23F2N5O/c1-15-9-16(2)31(28-15)13-18-6-4-5-17(10-18)12-27-24(32)21-14-30(3)29-23(21)20-8-7-19(25)11-22(20)26/h4-11,14H,12-13H2,1-3H3,(H,27,32). The summed E-state index contributed by atoms with van der Waals surface area (Å²) in [4.78, 5) is 12.9. The molecule has 1 N–H and O–H groups in total. The fourth-order valence-electron chi connectivity index (χ4n) is 3.66. The number of aromatic nitrogens is 4. The van der Waals surface area contributed by atoms with Crippen LogP contribution in [0.2, 0.25) is 0 Å². The number of nitrogens with zero attached hydrogens (tertiary/aromatic N) is 4. The monoisotopic (exact) mass is 435 g/mol. The summed E-state index contributed by atoms with van der Waals surface area (Å²) in [6.45, 7) is 4.90. The number of hydrogen-bond donors (Lipinski definition) is 1. The summed E-state index contributed by atoms with van der Waals surface area (Å²) in [6, 6.07) is 13.1. The third-order valence-corrected chi connectivity index (χ3v) is 5.14. The van der Waals surface area contributed by atoms with Crippen LogP contribution < -0.4 is 5.32 Å². The molecule has 4 rings (SSSR count). The van der Waals surface area contributed by atoms with Gasteiger partial charge in [0.1, 0.15) is 17.3 Å². The lowest BCUT2D eigenvalue weighted by atomic mass is 10.1. The zero-order valence-corrected chi connectivity index (χ0v) is 18.1. The van der Waals surface area contributed by atoms with Crippen molar-refractivity contribution in [3.05, 3.63) is 94.4 Å². The van der Waals surface area contributed by atoms with Gasteiger partial charge in [-0.15, -0.1) is 0 Å². The highest BCUT2D eigenvalue weighted by atomic mass is 19.1. The lowest BCUT2D eigenvalue weighted by molar-refractivity contribution is 0.0951. The normalized spacial score (nSPS) is 11.0. The van der Waals surface area contributed by atoms with Gasteiger partial charge in [0, 0.05) is 37.1 Å². The first kappa shape index (κ1) is 21.4. The van der Waals surface area contributed by atoms with Crippen molar-refractivity contribution in [2.24, 2.45) is 7.05 Å². The number of benzene rings is 2. The van der Waals surface area contributed by atoms with E-state index in [-0.39, 0.29) is 22.7 Å². The Hall–Kier alpha value is -3.81. The average Bonchev–Trinajstić information content (AvgIpc) is 3.27. The summed E-state index contributed by atoms with van der Waals surface area (Å²) >= 11 is 0. The zero-order chi connectivity index (χ0) is 22.8. The molecule has 0 atom stereocenters. The van der Waals surface area contributed by atoms with E-state index in [2.05, 4.69) is 15.5 Å². The molecule has 0 saturated carbocycles. The Morgan fingerprint density at radius 1 is 1.03 bits per heavy atom. The summed E-state index contributed by atoms with van der Waals surface area (Å²) in [7, 11) is 1.64. The molecule has 0 saturated heterocycles. The molecule has 0 unspecified atom stereocenters. The molecule has 164 valence electrons. The molecule has 32 heavy (non-hydrogen) atoms. The van der Waals surface area contributed by atoms with E-state index in [1.54, 1.807) is 7.05 Å². The number of aryl methyl sites for hydroxylation is 3. The molecule has 2 aromatic heterocycles. The van der Waals surface area contributed by atoms with Gasteiger partial charge in [0.2, 0.25) is 0 Å². The summed E-state index contributed by atoms with van der Waals surface area (Å²) in [5.74, 6) is -1.84. The molecule has 2 heterocycles. The van der Waals surface area contributed by atoms with Crippen molar-refractivity contribution in [3.63, 3.8) is 0 Å². The van der Waals surface area contributed by atoms with Crippen molar-refractivity contribution >= 4 is 5.91 Å². The number of carbonyl (C=O) groups is 1. The van der Waals surface area contributed by atoms with Crippen molar-refractivity contribution in [3.8, 4) is 11.3 Å². The van der Waals surface area contributed by atoms with Crippen LogP contribution in [0.4, 0.5) is 8.78 Å². The van der Waals surface area contributed by atoms with Gasteiger partial charge in [0.15, 0.2) is 0 Å². The van der Waals surface area contributed by atoms with E-state index in [9.17, 15) is 13.6 Å². The number of hydrogen-bond acceptors (Lipinski definition) is 3. The fourth-order valence-corrected chi connectivity index (χ4v) is 3.66. The quantitative estimate of drug-likeness (QED) is 0.495. The van der Waals surface area contributed by atoms with E-state index in [4.69, 9.17) is 0 Å². The predicted octanol–water partition coefficient (Wildman–Crippen LogP) is 4.16. The molecular weight excluding hydrogens is 412 g/mol. The Labute approximate surface area is 184 Å². The largest absolute Gasteiger partial charge is 0.348 e. The topological polar surface area (TPSA) is 64.7 Å². The summed E-state index contributed by atoms with van der Waals surface area (Å²) in [5, 5.41) is 11.6. The summed E-state index contributed by atoms with van der Waals surface area (Å²) < 4.78 is 30.9. The van der Waals surface area contributed by atoms with Crippen molar-refractivity contribution in [1.82, 2.24) is 24.9 Å². The van der Waals surface area contributed by atoms with Gasteiger partial charge >= 0.3 is 0 Å². The maximum Gasteiger partial charge on any atom is 0.255 e. The third kappa shape index (κ3) is 4.59. The molecule has 0 aliphatic rings. The Morgan fingerprint density at radius 3 is 2.53 bits per heavy atom. The number of carbonyl (C=O) groups excluding carboxylic acids is 1. The first-order valence-corrected chi connectivity index (χ1v) is 10.2. The second-order valence-corrected chi connectivity index (χ2v) is 7.78. The molecule has 6 nitrogen and oxygen atoms in total. The Kier molecular flexibility index (Phi) is 5.85. The van der Waals surface area contributed by atoms with E-state index in [0.29, 0.717) is 13.1 Å². The highest BCUT2D eigenvalue weighted by molar-refractivity contribution is 5.99. The van der Waals surface area contributed by atoms with Crippen LogP contribution in [0.25, 0.3) is 11.3 Å². The Balaban J connectivity index is 1.50. The molecule has 2 aromatic carbocycles. The van der Waals surface area contributed by atoms with Crippen molar-refractivity contribution < 1.29 is 13.6 Å². The smallest absolute Gasteiger partial charge is 0.255 e. The number of halogens is 2. The van der Waals surface area contributed by atoms with Gasteiger partial charge in [-0.25, -0.2) is 8.78 Å². The van der Waals surface area contributed by atoms with Crippen LogP contribution in [0, 0.1) is 25.5 Å². The molecule has 0 radical (unpaired) electrons. The SMILES string of the molecule is Cc1cc(C)n(Cc2cccc(CNC(=O)c3cn(C)nc3-c3ccc(F)cc3F)c2)n1. The highest BCUT2D eigenvalue weighted by Crippen LogP contribution is 2.25. The average molecular weight is 435 g/mol. The molecular formula is C24H23F2N5O. The van der Waals surface area contributed by atoms with Gasteiger partial charge in [-0.05, 0) is 43.2 Å². The van der Waals surface area contributed by atoms with Crippen molar-refractivity contribution in [2.75, 3.05) is 0 Å². The van der Waals surface area contributed by atoms with Gasteiger partial charge in [0.25, 0.3) is 5.91 Å². The predicted molar refractivity (Wildman–Crippen MR) is 117 cm³/mol. The van der Waals surface area contributed by atoms with Crippen LogP contribution >= 0.6 is 0 Å². The molecule has 0 aliphatic carbocycles. The molecule has 0 fully saturated rings. The number of amides is 1. The van der Waals surface area contributed by atoms with Crippen LogP contribution in [-0.2, 0) is 20.1 Å². The summed E-state index contributed by atoms with van der Waals surface area (Å²) in [5.41, 5.74) is 4.50. The minimum absolute atomic E-state index is 0.0732. The highest BCUT2D eigenvalue weighted by Gasteiger charge is 2.20. The van der Waals surface area contributed by atoms with Crippen LogP contribution in [-0.4, -0.2) is 25.5 Å². The van der Waals surface area contributed by atoms with E-state index in [1.165, 1.54) is 16.9 Å². The first-order chi connectivity index (χ1) is 15.3. The van der Waals surface area contributed by atoms with Crippen LogP contribution in [0.3, 0.4) is 0 Å². The Morgan fingerprint density at radius 2 is 1.81 bits per heavy atom. The second kappa shape index (κ2) is 8.74. The maximum absolute atomic E-state index is 14.3. The lowest BCUT2D eigenvalue weighted by Crippen LogP contribution is -2.23. The molecule has 0 spiro atoms. The molecule has 1 amide bonds. The van der Waals surface area contributed by atoms with E-state index in [1.807, 2.05) is 48.9 Å². The van der Waals surface area contributed by atoms with Crippen LogP contribution in [0.15, 0.2) is 54.7 Å². The Bertz CT molecular complexity index is 1290. The van der Waals surface area contributed by atoms with Gasteiger partial charge in [0.05, 0.1) is 17.8 Å². The molecule has 0 bridgehead atoms. The summed E-state index contributed by atoms with van der Waals surface area (Å²) in [6.07, 6.45) is 1.52. The number of rotatable bonds is 6. The third-order valence-electron chi connectivity index (χ3n) is 5.14. The molecule has 8 heteroatoms. The molecule has 0 aliphatic heterocycles. The molecule has 4 aromatic rings. The van der Waals surface area contributed by atoms with Crippen LogP contribution in [0.5, 0.6) is 0 Å². The van der Waals surface area contributed by atoms with Crippen LogP contribution in [0.1, 0.15) is 32.9 Å². The van der Waals surface area contributed by atoms with E-state index < -0.39 is 11.6 Å². The maximum atomic E-state index is 14.3. The van der Waals surface area contributed by atoms with Gasteiger partial charge in [-0.1, -0.05) is 24.3 Å². The minimum atomic E-state index is -0.769. The first-order valence-electron chi connectivity index (χ1n) is 10.2. The van der Waals surface area contributed by atoms with Gasteiger partial charge in [-0.3, -0.25) is 14.2 Å². The number of nitrogens with one attached hydrogen (secondary N) is 1.